The van der Waals surface area contributed by atoms with Gasteiger partial charge >= 0.3 is 0 Å². The summed E-state index contributed by atoms with van der Waals surface area (Å²) in [5, 5.41) is 5.78. The molecule has 0 aliphatic heterocycles. The Morgan fingerprint density at radius 3 is 1.23 bits per heavy atom. The monoisotopic (exact) mass is 524 g/mol. The van der Waals surface area contributed by atoms with E-state index in [4.69, 9.17) is 14.2 Å². The summed E-state index contributed by atoms with van der Waals surface area (Å²) in [5.41, 5.74) is 1.28. The zero-order chi connectivity index (χ0) is 27.5. The number of carbonyl (C=O) groups excluding carboxylic acids is 2. The molecule has 0 bridgehead atoms. The normalized spacial score (nSPS) is 12.1. The van der Waals surface area contributed by atoms with Crippen LogP contribution < -0.4 is 24.8 Å². The molecule has 7 heteroatoms. The van der Waals surface area contributed by atoms with Crippen molar-refractivity contribution in [3.8, 4) is 23.0 Å². The standard InChI is InChI=1S/C32H32N2O5/c1-3-29(38-25-11-7-5-8-12-25)31(35)33-23-15-19-27(20-16-23)37-28-21-17-24(18-22-28)34-32(36)30(4-2)39-26-13-9-6-10-14-26/h5-22,29-30H,3-4H2,1-2H3,(H,33,35)(H,34,36). The van der Waals surface area contributed by atoms with Gasteiger partial charge in [-0.2, -0.15) is 0 Å². The highest BCUT2D eigenvalue weighted by Gasteiger charge is 2.19. The van der Waals surface area contributed by atoms with Gasteiger partial charge in [0.1, 0.15) is 23.0 Å². The van der Waals surface area contributed by atoms with E-state index in [1.807, 2.05) is 74.5 Å². The molecule has 7 nitrogen and oxygen atoms in total. The predicted molar refractivity (Wildman–Crippen MR) is 153 cm³/mol. The Bertz CT molecular complexity index is 1220. The first-order chi connectivity index (χ1) is 19.0. The molecular formula is C32H32N2O5. The van der Waals surface area contributed by atoms with Gasteiger partial charge in [-0.15, -0.1) is 0 Å². The molecule has 200 valence electrons. The fourth-order valence-corrected chi connectivity index (χ4v) is 3.77. The van der Waals surface area contributed by atoms with E-state index >= 15 is 0 Å². The van der Waals surface area contributed by atoms with Gasteiger partial charge in [0, 0.05) is 11.4 Å². The topological polar surface area (TPSA) is 85.9 Å². The lowest BCUT2D eigenvalue weighted by Gasteiger charge is -2.17. The van der Waals surface area contributed by atoms with Crippen molar-refractivity contribution in [1.82, 2.24) is 0 Å². The van der Waals surface area contributed by atoms with Crippen LogP contribution in [0.3, 0.4) is 0 Å². The van der Waals surface area contributed by atoms with E-state index in [0.717, 1.165) is 0 Å². The third kappa shape index (κ3) is 8.10. The number of hydrogen-bond acceptors (Lipinski definition) is 5. The highest BCUT2D eigenvalue weighted by atomic mass is 16.5. The molecule has 0 heterocycles. The van der Waals surface area contributed by atoms with Crippen molar-refractivity contribution in [2.45, 2.75) is 38.9 Å². The molecule has 0 aliphatic rings. The van der Waals surface area contributed by atoms with Gasteiger partial charge in [-0.25, -0.2) is 0 Å². The van der Waals surface area contributed by atoms with Gasteiger partial charge in [0.25, 0.3) is 11.8 Å². The van der Waals surface area contributed by atoms with Gasteiger partial charge in [0.05, 0.1) is 0 Å². The molecule has 4 rings (SSSR count). The average molecular weight is 525 g/mol. The molecule has 2 amide bonds. The molecular weight excluding hydrogens is 492 g/mol. The second-order valence-corrected chi connectivity index (χ2v) is 8.78. The lowest BCUT2D eigenvalue weighted by Crippen LogP contribution is -2.32. The van der Waals surface area contributed by atoms with Crippen LogP contribution in [0.5, 0.6) is 23.0 Å². The highest BCUT2D eigenvalue weighted by Crippen LogP contribution is 2.25. The first-order valence-electron chi connectivity index (χ1n) is 13.0. The van der Waals surface area contributed by atoms with E-state index in [1.165, 1.54) is 0 Å². The van der Waals surface area contributed by atoms with Gasteiger partial charge < -0.3 is 24.8 Å². The molecule has 0 saturated heterocycles. The maximum Gasteiger partial charge on any atom is 0.265 e. The van der Waals surface area contributed by atoms with Crippen molar-refractivity contribution in [2.75, 3.05) is 10.6 Å². The molecule has 0 fully saturated rings. The molecule has 0 aromatic heterocycles. The van der Waals surface area contributed by atoms with Gasteiger partial charge in [-0.3, -0.25) is 9.59 Å². The minimum absolute atomic E-state index is 0.216. The zero-order valence-corrected chi connectivity index (χ0v) is 22.0. The van der Waals surface area contributed by atoms with Gasteiger partial charge in [0.2, 0.25) is 0 Å². The molecule has 2 atom stereocenters. The zero-order valence-electron chi connectivity index (χ0n) is 22.0. The Kier molecular flexibility index (Phi) is 9.56. The van der Waals surface area contributed by atoms with Crippen molar-refractivity contribution in [3.05, 3.63) is 109 Å². The van der Waals surface area contributed by atoms with Gasteiger partial charge in [-0.05, 0) is 85.6 Å². The van der Waals surface area contributed by atoms with E-state index < -0.39 is 12.2 Å². The molecule has 4 aromatic rings. The Labute approximate surface area is 228 Å². The SMILES string of the molecule is CCC(Oc1ccccc1)C(=O)Nc1ccc(Oc2ccc(NC(=O)C(CC)Oc3ccccc3)cc2)cc1. The number of amides is 2. The third-order valence-electron chi connectivity index (χ3n) is 5.85. The van der Waals surface area contributed by atoms with Crippen molar-refractivity contribution in [2.24, 2.45) is 0 Å². The summed E-state index contributed by atoms with van der Waals surface area (Å²) in [7, 11) is 0. The van der Waals surface area contributed by atoms with E-state index in [0.29, 0.717) is 47.2 Å². The van der Waals surface area contributed by atoms with Crippen LogP contribution in [0.2, 0.25) is 0 Å². The molecule has 2 unspecified atom stereocenters. The van der Waals surface area contributed by atoms with E-state index in [2.05, 4.69) is 10.6 Å². The van der Waals surface area contributed by atoms with Crippen LogP contribution in [0.4, 0.5) is 11.4 Å². The first-order valence-corrected chi connectivity index (χ1v) is 13.0. The largest absolute Gasteiger partial charge is 0.481 e. The second kappa shape index (κ2) is 13.7. The molecule has 0 saturated carbocycles. The minimum atomic E-state index is -0.597. The Balaban J connectivity index is 1.28. The maximum absolute atomic E-state index is 12.7. The first kappa shape index (κ1) is 27.3. The number of rotatable bonds is 12. The highest BCUT2D eigenvalue weighted by molar-refractivity contribution is 5.95. The van der Waals surface area contributed by atoms with Gasteiger partial charge in [-0.1, -0.05) is 50.2 Å². The summed E-state index contributed by atoms with van der Waals surface area (Å²) in [6.07, 6.45) is -0.116. The van der Waals surface area contributed by atoms with Gasteiger partial charge in [0.15, 0.2) is 12.2 Å². The van der Waals surface area contributed by atoms with Crippen LogP contribution >= 0.6 is 0 Å². The summed E-state index contributed by atoms with van der Waals surface area (Å²) in [6, 6.07) is 32.8. The maximum atomic E-state index is 12.7. The number of anilines is 2. The average Bonchev–Trinajstić information content (AvgIpc) is 2.97. The Morgan fingerprint density at radius 1 is 0.538 bits per heavy atom. The molecule has 0 aliphatic carbocycles. The minimum Gasteiger partial charge on any atom is -0.481 e. The number of para-hydroxylation sites is 2. The van der Waals surface area contributed by atoms with Crippen LogP contribution in [0.15, 0.2) is 109 Å². The number of hydrogen-bond donors (Lipinski definition) is 2. The number of ether oxygens (including phenoxy) is 3. The van der Waals surface area contributed by atoms with E-state index in [9.17, 15) is 9.59 Å². The summed E-state index contributed by atoms with van der Waals surface area (Å²) in [5.74, 6) is 2.10. The molecule has 39 heavy (non-hydrogen) atoms. The molecule has 0 radical (unpaired) electrons. The summed E-state index contributed by atoms with van der Waals surface area (Å²) < 4.78 is 17.5. The Hall–Kier alpha value is -4.78. The van der Waals surface area contributed by atoms with Crippen molar-refractivity contribution < 1.29 is 23.8 Å². The third-order valence-corrected chi connectivity index (χ3v) is 5.85. The number of nitrogens with one attached hydrogen (secondary N) is 2. The lowest BCUT2D eigenvalue weighted by molar-refractivity contribution is -0.123. The summed E-state index contributed by atoms with van der Waals surface area (Å²) >= 11 is 0. The lowest BCUT2D eigenvalue weighted by atomic mass is 10.2. The smallest absolute Gasteiger partial charge is 0.265 e. The fraction of sp³-hybridized carbons (Fsp3) is 0.188. The van der Waals surface area contributed by atoms with Crippen LogP contribution in [0.25, 0.3) is 0 Å². The predicted octanol–water partition coefficient (Wildman–Crippen LogP) is 7.07. The van der Waals surface area contributed by atoms with E-state index in [1.54, 1.807) is 48.5 Å². The molecule has 4 aromatic carbocycles. The summed E-state index contributed by atoms with van der Waals surface area (Å²) in [4.78, 5) is 25.4. The van der Waals surface area contributed by atoms with Crippen LogP contribution in [0.1, 0.15) is 26.7 Å². The van der Waals surface area contributed by atoms with Crippen molar-refractivity contribution >= 4 is 23.2 Å². The van der Waals surface area contributed by atoms with Crippen LogP contribution in [-0.4, -0.2) is 24.0 Å². The molecule has 0 spiro atoms. The van der Waals surface area contributed by atoms with E-state index in [-0.39, 0.29) is 11.8 Å². The number of carbonyl (C=O) groups is 2. The fourth-order valence-electron chi connectivity index (χ4n) is 3.77. The van der Waals surface area contributed by atoms with Crippen molar-refractivity contribution in [1.29, 1.82) is 0 Å². The molecule has 2 N–H and O–H groups in total. The van der Waals surface area contributed by atoms with Crippen LogP contribution in [-0.2, 0) is 9.59 Å². The Morgan fingerprint density at radius 2 is 0.897 bits per heavy atom. The van der Waals surface area contributed by atoms with Crippen molar-refractivity contribution in [3.63, 3.8) is 0 Å². The van der Waals surface area contributed by atoms with Crippen LogP contribution in [0, 0.1) is 0 Å². The quantitative estimate of drug-likeness (QED) is 0.207. The number of benzene rings is 4. The second-order valence-electron chi connectivity index (χ2n) is 8.78. The summed E-state index contributed by atoms with van der Waals surface area (Å²) in [6.45, 7) is 3.81.